The summed E-state index contributed by atoms with van der Waals surface area (Å²) in [5, 5.41) is 0. The molecule has 42 valence electrons. The highest BCUT2D eigenvalue weighted by atomic mass is 16.6. The summed E-state index contributed by atoms with van der Waals surface area (Å²) in [5.41, 5.74) is 2.52. The first-order chi connectivity index (χ1) is 3.38. The fraction of sp³-hybridized carbons (Fsp3) is 1.00. The average Bonchev–Trinajstić information content (AvgIpc) is 2.43. The van der Waals surface area contributed by atoms with E-state index in [0.717, 1.165) is 6.42 Å². The molecule has 1 aliphatic rings. The smallest absolute Gasteiger partial charge is 0.147 e. The van der Waals surface area contributed by atoms with Crippen LogP contribution in [0.5, 0.6) is 0 Å². The molecule has 3 heteroatoms. The van der Waals surface area contributed by atoms with Gasteiger partial charge in [-0.15, -0.1) is 0 Å². The molecule has 0 aliphatic carbocycles. The van der Waals surface area contributed by atoms with Crippen LogP contribution in [0.25, 0.3) is 0 Å². The van der Waals surface area contributed by atoms with E-state index >= 15 is 0 Å². The van der Waals surface area contributed by atoms with Crippen LogP contribution in [-0.4, -0.2) is 12.3 Å². The van der Waals surface area contributed by atoms with Crippen LogP contribution >= 0.6 is 0 Å². The van der Waals surface area contributed by atoms with Crippen molar-refractivity contribution in [3.05, 3.63) is 0 Å². The van der Waals surface area contributed by atoms with Crippen LogP contribution in [-0.2, 0) is 4.74 Å². The molecule has 0 saturated carbocycles. The van der Waals surface area contributed by atoms with E-state index < -0.39 is 0 Å². The molecule has 3 nitrogen and oxygen atoms in total. The van der Waals surface area contributed by atoms with Crippen molar-refractivity contribution >= 4 is 0 Å². The van der Waals surface area contributed by atoms with E-state index in [0.29, 0.717) is 6.10 Å². The lowest BCUT2D eigenvalue weighted by atomic mass is 10.3. The highest BCUT2D eigenvalue weighted by Gasteiger charge is 2.35. The number of hydrogen-bond acceptors (Lipinski definition) is 3. The molecule has 2 unspecified atom stereocenters. The monoisotopic (exact) mass is 102 g/mol. The maximum atomic E-state index is 5.02. The summed E-state index contributed by atoms with van der Waals surface area (Å²) in [6.45, 7) is 2.07. The first-order valence-corrected chi connectivity index (χ1v) is 2.50. The zero-order chi connectivity index (χ0) is 5.28. The summed E-state index contributed by atoms with van der Waals surface area (Å²) < 4.78 is 4.98. The van der Waals surface area contributed by atoms with Crippen LogP contribution in [0.4, 0.5) is 0 Å². The lowest BCUT2D eigenvalue weighted by molar-refractivity contribution is 0.344. The Kier molecular flexibility index (Phi) is 1.27. The summed E-state index contributed by atoms with van der Waals surface area (Å²) in [6.07, 6.45) is 1.57. The zero-order valence-electron chi connectivity index (χ0n) is 4.35. The second-order valence-electron chi connectivity index (χ2n) is 1.67. The highest BCUT2D eigenvalue weighted by molar-refractivity contribution is 4.78. The van der Waals surface area contributed by atoms with Crippen LogP contribution in [0.15, 0.2) is 0 Å². The van der Waals surface area contributed by atoms with Crippen molar-refractivity contribution < 1.29 is 4.74 Å². The number of ether oxygens (including phenoxy) is 1. The highest BCUT2D eigenvalue weighted by Crippen LogP contribution is 2.20. The van der Waals surface area contributed by atoms with E-state index in [-0.39, 0.29) is 6.23 Å². The van der Waals surface area contributed by atoms with Gasteiger partial charge in [0.2, 0.25) is 0 Å². The standard InChI is InChI=1S/C4H10N2O/c1-2-3-4(6-5)7-3/h3-4,6H,2,5H2,1H3. The molecule has 1 aliphatic heterocycles. The minimum absolute atomic E-state index is 0.144. The van der Waals surface area contributed by atoms with Gasteiger partial charge in [-0.25, -0.2) is 5.43 Å². The molecule has 1 heterocycles. The largest absolute Gasteiger partial charge is 0.352 e. The van der Waals surface area contributed by atoms with Gasteiger partial charge >= 0.3 is 0 Å². The maximum Gasteiger partial charge on any atom is 0.147 e. The van der Waals surface area contributed by atoms with Crippen molar-refractivity contribution in [2.75, 3.05) is 0 Å². The Bertz CT molecular complexity index is 58.7. The topological polar surface area (TPSA) is 50.6 Å². The Hall–Kier alpha value is -0.120. The summed E-state index contributed by atoms with van der Waals surface area (Å²) in [7, 11) is 0. The second kappa shape index (κ2) is 1.78. The van der Waals surface area contributed by atoms with E-state index in [1.165, 1.54) is 0 Å². The van der Waals surface area contributed by atoms with Crippen molar-refractivity contribution in [2.45, 2.75) is 25.7 Å². The number of hydrazine groups is 1. The zero-order valence-corrected chi connectivity index (χ0v) is 4.35. The van der Waals surface area contributed by atoms with E-state index in [4.69, 9.17) is 10.6 Å². The number of rotatable bonds is 2. The minimum atomic E-state index is 0.144. The molecule has 0 aromatic rings. The fourth-order valence-electron chi connectivity index (χ4n) is 0.600. The lowest BCUT2D eigenvalue weighted by Crippen LogP contribution is -2.26. The normalized spacial score (nSPS) is 38.6. The van der Waals surface area contributed by atoms with Crippen molar-refractivity contribution in [3.8, 4) is 0 Å². The van der Waals surface area contributed by atoms with E-state index in [1.807, 2.05) is 0 Å². The van der Waals surface area contributed by atoms with Gasteiger partial charge in [-0.05, 0) is 6.42 Å². The molecule has 2 atom stereocenters. The molecule has 0 amide bonds. The molecule has 0 spiro atoms. The second-order valence-corrected chi connectivity index (χ2v) is 1.67. The predicted octanol–water partition coefficient (Wildman–Crippen LogP) is -0.415. The van der Waals surface area contributed by atoms with Gasteiger partial charge in [0.15, 0.2) is 0 Å². The van der Waals surface area contributed by atoms with Gasteiger partial charge in [0, 0.05) is 0 Å². The third-order valence-corrected chi connectivity index (χ3v) is 1.15. The van der Waals surface area contributed by atoms with Crippen molar-refractivity contribution in [1.29, 1.82) is 0 Å². The number of hydrogen-bond donors (Lipinski definition) is 2. The lowest BCUT2D eigenvalue weighted by Gasteiger charge is -1.82. The molecular weight excluding hydrogens is 92.1 g/mol. The van der Waals surface area contributed by atoms with Gasteiger partial charge in [-0.2, -0.15) is 0 Å². The van der Waals surface area contributed by atoms with Crippen molar-refractivity contribution in [1.82, 2.24) is 5.43 Å². The Balaban J connectivity index is 2.06. The summed E-state index contributed by atoms with van der Waals surface area (Å²) >= 11 is 0. The van der Waals surface area contributed by atoms with Gasteiger partial charge < -0.3 is 4.74 Å². The first kappa shape index (κ1) is 5.03. The Morgan fingerprint density at radius 2 is 2.57 bits per heavy atom. The molecular formula is C4H10N2O. The Morgan fingerprint density at radius 1 is 1.86 bits per heavy atom. The molecule has 1 rings (SSSR count). The van der Waals surface area contributed by atoms with Crippen LogP contribution in [0.2, 0.25) is 0 Å². The molecule has 0 radical (unpaired) electrons. The van der Waals surface area contributed by atoms with Gasteiger partial charge in [-0.3, -0.25) is 5.84 Å². The third-order valence-electron chi connectivity index (χ3n) is 1.15. The van der Waals surface area contributed by atoms with Crippen LogP contribution in [0.3, 0.4) is 0 Å². The molecule has 1 fully saturated rings. The molecule has 3 N–H and O–H groups in total. The molecule has 0 aromatic carbocycles. The van der Waals surface area contributed by atoms with E-state index in [2.05, 4.69) is 12.3 Å². The van der Waals surface area contributed by atoms with Crippen LogP contribution in [0, 0.1) is 0 Å². The number of epoxide rings is 1. The summed E-state index contributed by atoms with van der Waals surface area (Å²) in [4.78, 5) is 0. The van der Waals surface area contributed by atoms with Gasteiger partial charge in [0.1, 0.15) is 12.3 Å². The summed E-state index contributed by atoms with van der Waals surface area (Å²) in [5.74, 6) is 5.02. The van der Waals surface area contributed by atoms with Crippen LogP contribution < -0.4 is 11.3 Å². The Morgan fingerprint density at radius 3 is 2.71 bits per heavy atom. The van der Waals surface area contributed by atoms with Crippen molar-refractivity contribution in [3.63, 3.8) is 0 Å². The Labute approximate surface area is 42.8 Å². The molecule has 0 bridgehead atoms. The maximum absolute atomic E-state index is 5.02. The van der Waals surface area contributed by atoms with E-state index in [1.54, 1.807) is 0 Å². The van der Waals surface area contributed by atoms with Gasteiger partial charge in [0.05, 0.1) is 0 Å². The van der Waals surface area contributed by atoms with Gasteiger partial charge in [0.25, 0.3) is 0 Å². The third kappa shape index (κ3) is 0.907. The SMILES string of the molecule is CCC1OC1NN. The van der Waals surface area contributed by atoms with E-state index in [9.17, 15) is 0 Å². The quantitative estimate of drug-likeness (QED) is 0.283. The minimum Gasteiger partial charge on any atom is -0.352 e. The van der Waals surface area contributed by atoms with Crippen molar-refractivity contribution in [2.24, 2.45) is 5.84 Å². The molecule has 7 heavy (non-hydrogen) atoms. The fourth-order valence-corrected chi connectivity index (χ4v) is 0.600. The number of nitrogens with one attached hydrogen (secondary N) is 1. The van der Waals surface area contributed by atoms with Crippen LogP contribution in [0.1, 0.15) is 13.3 Å². The average molecular weight is 102 g/mol. The molecule has 1 saturated heterocycles. The number of nitrogens with two attached hydrogens (primary N) is 1. The summed E-state index contributed by atoms with van der Waals surface area (Å²) in [6, 6.07) is 0. The van der Waals surface area contributed by atoms with Gasteiger partial charge in [-0.1, -0.05) is 6.92 Å². The predicted molar refractivity (Wildman–Crippen MR) is 26.3 cm³/mol. The molecule has 0 aromatic heterocycles. The first-order valence-electron chi connectivity index (χ1n) is 2.50.